The number of benzene rings is 3. The zero-order chi connectivity index (χ0) is 20.6. The van der Waals surface area contributed by atoms with E-state index in [0.29, 0.717) is 28.9 Å². The van der Waals surface area contributed by atoms with Gasteiger partial charge in [0.15, 0.2) is 11.6 Å². The fourth-order valence-corrected chi connectivity index (χ4v) is 5.39. The first-order valence-corrected chi connectivity index (χ1v) is 10.3. The highest BCUT2D eigenvalue weighted by atomic mass is 16.5. The van der Waals surface area contributed by atoms with Gasteiger partial charge < -0.3 is 10.1 Å². The van der Waals surface area contributed by atoms with Crippen LogP contribution >= 0.6 is 0 Å². The fourth-order valence-electron chi connectivity index (χ4n) is 5.39. The maximum absolute atomic E-state index is 13.5. The van der Waals surface area contributed by atoms with Crippen LogP contribution in [0.15, 0.2) is 60.7 Å². The lowest BCUT2D eigenvalue weighted by molar-refractivity contribution is 0.0977. The highest BCUT2D eigenvalue weighted by Gasteiger charge is 2.48. The van der Waals surface area contributed by atoms with E-state index in [1.807, 2.05) is 36.4 Å². The molecule has 2 unspecified atom stereocenters. The van der Waals surface area contributed by atoms with Gasteiger partial charge in [-0.3, -0.25) is 9.59 Å². The molecule has 0 radical (unpaired) electrons. The molecule has 0 aromatic heterocycles. The molecule has 148 valence electrons. The lowest BCUT2D eigenvalue weighted by Crippen LogP contribution is -2.47. The van der Waals surface area contributed by atoms with Crippen molar-refractivity contribution in [3.63, 3.8) is 0 Å². The molecule has 30 heavy (non-hydrogen) atoms. The lowest BCUT2D eigenvalue weighted by atomic mass is 9.64. The number of ketones is 2. The molecule has 1 N–H and O–H groups in total. The molecule has 3 aromatic carbocycles. The topological polar surface area (TPSA) is 55.4 Å². The SMILES string of the molecule is CC1(C)c2ccc3c(c2NC2c4ccccc4OCC21)C(=O)c1ccccc1C3=O. The fraction of sp³-hybridized carbons (Fsp3) is 0.231. The van der Waals surface area contributed by atoms with Crippen molar-refractivity contribution in [2.45, 2.75) is 25.3 Å². The number of nitrogens with one attached hydrogen (secondary N) is 1. The van der Waals surface area contributed by atoms with Gasteiger partial charge in [-0.25, -0.2) is 0 Å². The molecular weight excluding hydrogens is 374 g/mol. The quantitative estimate of drug-likeness (QED) is 0.459. The monoisotopic (exact) mass is 395 g/mol. The van der Waals surface area contributed by atoms with Crippen molar-refractivity contribution in [3.8, 4) is 5.75 Å². The van der Waals surface area contributed by atoms with Crippen LogP contribution in [-0.4, -0.2) is 18.2 Å². The van der Waals surface area contributed by atoms with Crippen LogP contribution in [0, 0.1) is 5.92 Å². The highest BCUT2D eigenvalue weighted by molar-refractivity contribution is 6.30. The van der Waals surface area contributed by atoms with Crippen LogP contribution in [0.2, 0.25) is 0 Å². The second kappa shape index (κ2) is 5.82. The molecule has 2 heterocycles. The molecule has 3 aromatic rings. The summed E-state index contributed by atoms with van der Waals surface area (Å²) >= 11 is 0. The van der Waals surface area contributed by atoms with Gasteiger partial charge in [0.05, 0.1) is 23.9 Å². The smallest absolute Gasteiger partial charge is 0.196 e. The van der Waals surface area contributed by atoms with Crippen LogP contribution < -0.4 is 10.1 Å². The number of hydrogen-bond donors (Lipinski definition) is 1. The first-order chi connectivity index (χ1) is 14.5. The Hall–Kier alpha value is -3.40. The number of hydrogen-bond acceptors (Lipinski definition) is 4. The van der Waals surface area contributed by atoms with Crippen molar-refractivity contribution < 1.29 is 14.3 Å². The normalized spacial score (nSPS) is 22.5. The molecular formula is C26H21NO3. The highest BCUT2D eigenvalue weighted by Crippen LogP contribution is 2.53. The predicted molar refractivity (Wildman–Crippen MR) is 115 cm³/mol. The summed E-state index contributed by atoms with van der Waals surface area (Å²) in [4.78, 5) is 26.7. The summed E-state index contributed by atoms with van der Waals surface area (Å²) in [6.45, 7) is 5.02. The number of carbonyl (C=O) groups excluding carboxylic acids is 2. The second-order valence-electron chi connectivity index (χ2n) is 8.91. The third kappa shape index (κ3) is 2.11. The molecule has 0 saturated carbocycles. The molecule has 4 heteroatoms. The Kier molecular flexibility index (Phi) is 3.39. The van der Waals surface area contributed by atoms with Gasteiger partial charge >= 0.3 is 0 Å². The molecule has 0 spiro atoms. The van der Waals surface area contributed by atoms with Crippen LogP contribution in [0.1, 0.15) is 62.9 Å². The van der Waals surface area contributed by atoms with Crippen LogP contribution in [0.3, 0.4) is 0 Å². The molecule has 0 bridgehead atoms. The van der Waals surface area contributed by atoms with Crippen LogP contribution in [-0.2, 0) is 5.41 Å². The van der Waals surface area contributed by atoms with Crippen molar-refractivity contribution in [3.05, 3.63) is 94.0 Å². The predicted octanol–water partition coefficient (Wildman–Crippen LogP) is 4.92. The standard InChI is InChI=1S/C26H21NO3/c1-26(2)18-12-11-17-21(25(29)15-8-4-3-7-14(15)24(17)28)23(18)27-22-16-9-5-6-10-20(16)30-13-19(22)26/h3-12,19,22,27H,13H2,1-2H3. The van der Waals surface area contributed by atoms with Gasteiger partial charge in [0.25, 0.3) is 0 Å². The Bertz CT molecular complexity index is 1260. The number of rotatable bonds is 0. The molecule has 2 aliphatic heterocycles. The molecule has 4 nitrogen and oxygen atoms in total. The summed E-state index contributed by atoms with van der Waals surface area (Å²) in [7, 11) is 0. The van der Waals surface area contributed by atoms with Crippen molar-refractivity contribution in [1.82, 2.24) is 0 Å². The largest absolute Gasteiger partial charge is 0.493 e. The summed E-state index contributed by atoms with van der Waals surface area (Å²) in [5.74, 6) is 0.916. The number of fused-ring (bicyclic) bond motifs is 7. The summed E-state index contributed by atoms with van der Waals surface area (Å²) in [6, 6.07) is 19.0. The third-order valence-electron chi connectivity index (χ3n) is 7.09. The lowest BCUT2D eigenvalue weighted by Gasteiger charge is -2.49. The minimum absolute atomic E-state index is 0.0176. The molecule has 0 saturated heterocycles. The average Bonchev–Trinajstić information content (AvgIpc) is 2.76. The maximum Gasteiger partial charge on any atom is 0.196 e. The molecule has 6 rings (SSSR count). The summed E-state index contributed by atoms with van der Waals surface area (Å²) in [5.41, 5.74) is 4.69. The molecule has 0 fully saturated rings. The van der Waals surface area contributed by atoms with Crippen molar-refractivity contribution in [2.75, 3.05) is 11.9 Å². The zero-order valence-corrected chi connectivity index (χ0v) is 16.9. The second-order valence-corrected chi connectivity index (χ2v) is 8.91. The molecule has 0 amide bonds. The minimum Gasteiger partial charge on any atom is -0.493 e. The summed E-state index contributed by atoms with van der Waals surface area (Å²) < 4.78 is 6.08. The van der Waals surface area contributed by atoms with Gasteiger partial charge in [0.2, 0.25) is 0 Å². The Balaban J connectivity index is 1.59. The van der Waals surface area contributed by atoms with Crippen LogP contribution in [0.4, 0.5) is 5.69 Å². The van der Waals surface area contributed by atoms with Gasteiger partial charge in [0, 0.05) is 33.6 Å². The van der Waals surface area contributed by atoms with Crippen LogP contribution in [0.25, 0.3) is 0 Å². The Morgan fingerprint density at radius 2 is 1.57 bits per heavy atom. The number of anilines is 1. The Morgan fingerprint density at radius 1 is 0.867 bits per heavy atom. The van der Waals surface area contributed by atoms with Gasteiger partial charge in [-0.1, -0.05) is 62.4 Å². The van der Waals surface area contributed by atoms with E-state index in [4.69, 9.17) is 4.74 Å². The van der Waals surface area contributed by atoms with E-state index in [2.05, 4.69) is 25.2 Å². The first-order valence-electron chi connectivity index (χ1n) is 10.3. The van der Waals surface area contributed by atoms with Crippen molar-refractivity contribution >= 4 is 17.3 Å². The maximum atomic E-state index is 13.5. The molecule has 1 aliphatic carbocycles. The Morgan fingerprint density at radius 3 is 2.37 bits per heavy atom. The molecule has 3 aliphatic rings. The van der Waals surface area contributed by atoms with Gasteiger partial charge in [0.1, 0.15) is 5.75 Å². The number of para-hydroxylation sites is 1. The van der Waals surface area contributed by atoms with E-state index in [-0.39, 0.29) is 28.9 Å². The Labute approximate surface area is 174 Å². The van der Waals surface area contributed by atoms with E-state index in [9.17, 15) is 9.59 Å². The number of carbonyl (C=O) groups is 2. The minimum atomic E-state index is -0.228. The van der Waals surface area contributed by atoms with E-state index < -0.39 is 0 Å². The zero-order valence-electron chi connectivity index (χ0n) is 16.9. The van der Waals surface area contributed by atoms with Gasteiger partial charge in [-0.15, -0.1) is 0 Å². The summed E-state index contributed by atoms with van der Waals surface area (Å²) in [5, 5.41) is 3.67. The van der Waals surface area contributed by atoms with E-state index in [1.54, 1.807) is 18.2 Å². The van der Waals surface area contributed by atoms with Crippen LogP contribution in [0.5, 0.6) is 5.75 Å². The third-order valence-corrected chi connectivity index (χ3v) is 7.09. The van der Waals surface area contributed by atoms with E-state index >= 15 is 0 Å². The summed E-state index contributed by atoms with van der Waals surface area (Å²) in [6.07, 6.45) is 0. The molecule has 2 atom stereocenters. The first kappa shape index (κ1) is 17.5. The van der Waals surface area contributed by atoms with Gasteiger partial charge in [-0.05, 0) is 17.7 Å². The van der Waals surface area contributed by atoms with Gasteiger partial charge in [-0.2, -0.15) is 0 Å². The average molecular weight is 395 g/mol. The van der Waals surface area contributed by atoms with E-state index in [0.717, 1.165) is 22.6 Å². The van der Waals surface area contributed by atoms with Crippen molar-refractivity contribution in [2.24, 2.45) is 5.92 Å². The number of ether oxygens (including phenoxy) is 1. The van der Waals surface area contributed by atoms with E-state index in [1.165, 1.54) is 0 Å². The van der Waals surface area contributed by atoms with Crippen molar-refractivity contribution in [1.29, 1.82) is 0 Å².